The molecule has 190 valence electrons. The summed E-state index contributed by atoms with van der Waals surface area (Å²) in [6.07, 6.45) is 0. The number of anilines is 3. The van der Waals surface area contributed by atoms with Crippen LogP contribution in [0, 0.1) is 0 Å². The molecule has 7 aromatic rings. The summed E-state index contributed by atoms with van der Waals surface area (Å²) in [5.41, 5.74) is 5.53. The molecule has 7 rings (SSSR count). The molecule has 40 heavy (non-hydrogen) atoms. The SMILES string of the molecule is c1ccc(-c2nc(-c3ccccc3)nc(-n3c(N(c4ccccc4)c4ccccc4)nc4ccccc43)n2)cc1. The highest BCUT2D eigenvalue weighted by atomic mass is 15.4. The van der Waals surface area contributed by atoms with Gasteiger partial charge in [0.05, 0.1) is 11.0 Å². The number of hydrogen-bond donors (Lipinski definition) is 0. The van der Waals surface area contributed by atoms with Crippen molar-refractivity contribution in [2.75, 3.05) is 4.90 Å². The third-order valence-corrected chi connectivity index (χ3v) is 6.66. The molecule has 0 saturated carbocycles. The van der Waals surface area contributed by atoms with E-state index in [0.717, 1.165) is 33.5 Å². The number of benzene rings is 5. The number of para-hydroxylation sites is 4. The molecule has 2 aromatic heterocycles. The van der Waals surface area contributed by atoms with Crippen LogP contribution in [0.5, 0.6) is 0 Å². The normalized spacial score (nSPS) is 11.0. The quantitative estimate of drug-likeness (QED) is 0.224. The maximum absolute atomic E-state index is 5.14. The molecule has 0 fully saturated rings. The second-order valence-electron chi connectivity index (χ2n) is 9.26. The number of fused-ring (bicyclic) bond motifs is 1. The molecule has 5 aromatic carbocycles. The summed E-state index contributed by atoms with van der Waals surface area (Å²) < 4.78 is 2.02. The minimum absolute atomic E-state index is 0.494. The smallest absolute Gasteiger partial charge is 0.241 e. The lowest BCUT2D eigenvalue weighted by Gasteiger charge is -2.24. The van der Waals surface area contributed by atoms with Crippen molar-refractivity contribution in [1.82, 2.24) is 24.5 Å². The average Bonchev–Trinajstić information content (AvgIpc) is 3.42. The van der Waals surface area contributed by atoms with Crippen LogP contribution in [-0.4, -0.2) is 24.5 Å². The van der Waals surface area contributed by atoms with Crippen molar-refractivity contribution < 1.29 is 0 Å². The molecule has 0 aliphatic carbocycles. The summed E-state index contributed by atoms with van der Waals surface area (Å²) in [7, 11) is 0. The van der Waals surface area contributed by atoms with Crippen LogP contribution in [0.2, 0.25) is 0 Å². The van der Waals surface area contributed by atoms with Gasteiger partial charge in [-0.2, -0.15) is 9.97 Å². The zero-order valence-corrected chi connectivity index (χ0v) is 21.5. The standard InChI is InChI=1S/C34H24N6/c1-5-15-25(16-6-1)31-36-32(26-17-7-2-8-18-26)38-33(37-31)40-30-24-14-13-23-29(30)35-34(40)39(27-19-9-3-10-20-27)28-21-11-4-12-22-28/h1-24H. The van der Waals surface area contributed by atoms with Crippen molar-refractivity contribution in [1.29, 1.82) is 0 Å². The van der Waals surface area contributed by atoms with Crippen molar-refractivity contribution in [2.24, 2.45) is 0 Å². The van der Waals surface area contributed by atoms with Gasteiger partial charge in [-0.3, -0.25) is 4.90 Å². The Morgan fingerprint density at radius 1 is 0.425 bits per heavy atom. The van der Waals surface area contributed by atoms with E-state index in [0.29, 0.717) is 23.5 Å². The Morgan fingerprint density at radius 2 is 0.875 bits per heavy atom. The molecule has 0 atom stereocenters. The maximum atomic E-state index is 5.14. The van der Waals surface area contributed by atoms with Crippen LogP contribution in [0.4, 0.5) is 17.3 Å². The first-order valence-electron chi connectivity index (χ1n) is 13.1. The van der Waals surface area contributed by atoms with E-state index >= 15 is 0 Å². The van der Waals surface area contributed by atoms with Gasteiger partial charge in [-0.05, 0) is 36.4 Å². The van der Waals surface area contributed by atoms with E-state index in [4.69, 9.17) is 19.9 Å². The van der Waals surface area contributed by atoms with E-state index in [1.54, 1.807) is 0 Å². The van der Waals surface area contributed by atoms with E-state index < -0.39 is 0 Å². The fourth-order valence-electron chi connectivity index (χ4n) is 4.79. The first kappa shape index (κ1) is 23.5. The molecule has 0 amide bonds. The predicted molar refractivity (Wildman–Crippen MR) is 160 cm³/mol. The Labute approximate surface area is 231 Å². The molecule has 0 saturated heterocycles. The third kappa shape index (κ3) is 4.37. The van der Waals surface area contributed by atoms with Crippen LogP contribution in [0.1, 0.15) is 0 Å². The lowest BCUT2D eigenvalue weighted by molar-refractivity contribution is 0.912. The van der Waals surface area contributed by atoms with Gasteiger partial charge in [0, 0.05) is 22.5 Å². The lowest BCUT2D eigenvalue weighted by Crippen LogP contribution is -2.17. The van der Waals surface area contributed by atoms with Crippen LogP contribution in [0.15, 0.2) is 146 Å². The molecule has 0 spiro atoms. The summed E-state index contributed by atoms with van der Waals surface area (Å²) in [4.78, 5) is 22.2. The van der Waals surface area contributed by atoms with Gasteiger partial charge in [-0.1, -0.05) is 109 Å². The number of hydrogen-bond acceptors (Lipinski definition) is 5. The van der Waals surface area contributed by atoms with Gasteiger partial charge in [0.25, 0.3) is 0 Å². The van der Waals surface area contributed by atoms with Crippen LogP contribution in [-0.2, 0) is 0 Å². The zero-order chi connectivity index (χ0) is 26.7. The van der Waals surface area contributed by atoms with Gasteiger partial charge < -0.3 is 0 Å². The number of nitrogens with zero attached hydrogens (tertiary/aromatic N) is 6. The first-order valence-corrected chi connectivity index (χ1v) is 13.1. The van der Waals surface area contributed by atoms with E-state index in [9.17, 15) is 0 Å². The molecule has 0 radical (unpaired) electrons. The Morgan fingerprint density at radius 3 is 1.40 bits per heavy atom. The Bertz CT molecular complexity index is 1790. The maximum Gasteiger partial charge on any atom is 0.241 e. The van der Waals surface area contributed by atoms with Gasteiger partial charge >= 0.3 is 0 Å². The molecule has 6 nitrogen and oxygen atoms in total. The van der Waals surface area contributed by atoms with E-state index in [-0.39, 0.29) is 0 Å². The summed E-state index contributed by atoms with van der Waals surface area (Å²) in [6.45, 7) is 0. The van der Waals surface area contributed by atoms with Crippen molar-refractivity contribution in [3.63, 3.8) is 0 Å². The van der Waals surface area contributed by atoms with Gasteiger partial charge in [-0.25, -0.2) is 14.5 Å². The molecule has 6 heteroatoms. The summed E-state index contributed by atoms with van der Waals surface area (Å²) in [5, 5.41) is 0. The highest BCUT2D eigenvalue weighted by molar-refractivity contribution is 5.85. The summed E-state index contributed by atoms with van der Waals surface area (Å²) in [5.74, 6) is 2.37. The van der Waals surface area contributed by atoms with Gasteiger partial charge in [0.2, 0.25) is 11.9 Å². The molecule has 0 aliphatic rings. The van der Waals surface area contributed by atoms with Gasteiger partial charge in [0.15, 0.2) is 11.6 Å². The molecule has 0 bridgehead atoms. The molecule has 0 N–H and O–H groups in total. The molecule has 0 aliphatic heterocycles. The van der Waals surface area contributed by atoms with E-state index in [2.05, 4.69) is 29.2 Å². The molecule has 0 unspecified atom stereocenters. The fraction of sp³-hybridized carbons (Fsp3) is 0. The molecule has 2 heterocycles. The zero-order valence-electron chi connectivity index (χ0n) is 21.5. The third-order valence-electron chi connectivity index (χ3n) is 6.66. The second kappa shape index (κ2) is 10.3. The van der Waals surface area contributed by atoms with Crippen LogP contribution in [0.3, 0.4) is 0 Å². The number of aromatic nitrogens is 5. The topological polar surface area (TPSA) is 59.7 Å². The van der Waals surface area contributed by atoms with E-state index in [1.807, 2.05) is 126 Å². The van der Waals surface area contributed by atoms with E-state index in [1.165, 1.54) is 0 Å². The number of imidazole rings is 1. The van der Waals surface area contributed by atoms with Crippen LogP contribution >= 0.6 is 0 Å². The second-order valence-corrected chi connectivity index (χ2v) is 9.26. The van der Waals surface area contributed by atoms with Crippen LogP contribution in [0.25, 0.3) is 39.8 Å². The summed E-state index contributed by atoms with van der Waals surface area (Å²) >= 11 is 0. The first-order chi connectivity index (χ1) is 19.8. The summed E-state index contributed by atoms with van der Waals surface area (Å²) in [6, 6.07) is 48.5. The lowest BCUT2D eigenvalue weighted by atomic mass is 10.2. The van der Waals surface area contributed by atoms with Crippen molar-refractivity contribution in [3.8, 4) is 28.7 Å². The van der Waals surface area contributed by atoms with Crippen molar-refractivity contribution >= 4 is 28.4 Å². The highest BCUT2D eigenvalue weighted by Gasteiger charge is 2.24. The average molecular weight is 517 g/mol. The largest absolute Gasteiger partial charge is 0.280 e. The minimum Gasteiger partial charge on any atom is -0.280 e. The fourth-order valence-corrected chi connectivity index (χ4v) is 4.79. The molecular formula is C34H24N6. The van der Waals surface area contributed by atoms with Crippen molar-refractivity contribution in [3.05, 3.63) is 146 Å². The minimum atomic E-state index is 0.494. The van der Waals surface area contributed by atoms with Crippen molar-refractivity contribution in [2.45, 2.75) is 0 Å². The Balaban J connectivity index is 1.53. The number of rotatable bonds is 6. The van der Waals surface area contributed by atoms with Gasteiger partial charge in [-0.15, -0.1) is 0 Å². The van der Waals surface area contributed by atoms with Gasteiger partial charge in [0.1, 0.15) is 0 Å². The van der Waals surface area contributed by atoms with Crippen LogP contribution < -0.4 is 4.90 Å². The molecular weight excluding hydrogens is 492 g/mol. The predicted octanol–water partition coefficient (Wildman–Crippen LogP) is 8.01. The Hall–Kier alpha value is -5.62. The highest BCUT2D eigenvalue weighted by Crippen LogP contribution is 2.37. The monoisotopic (exact) mass is 516 g/mol. The Kier molecular flexibility index (Phi) is 6.03.